The van der Waals surface area contributed by atoms with E-state index >= 15 is 0 Å². The normalized spacial score (nSPS) is 20.2. The lowest BCUT2D eigenvalue weighted by atomic mass is 9.86. The van der Waals surface area contributed by atoms with Crippen LogP contribution in [0.2, 0.25) is 0 Å². The van der Waals surface area contributed by atoms with E-state index in [1.165, 1.54) is 0 Å². The number of thioether (sulfide) groups is 1. The number of hydrogen-bond acceptors (Lipinski definition) is 18. The standard InChI is InChI=1S/C20H31N5O17P2S/c1-12(26)38-10-13-11-45-18-20(23-24-21,17(30)25(18)14(13)15(27)28)16(29)22-9-7-6-8-19(31,43(32,39-34-2)40-35-3)44(33,41-36-4)42-37-5/h18,31H,6-11H2,1-5H3,(H,22,29)(H,27,28)/t18-,20?/m0/s1. The van der Waals surface area contributed by atoms with Crippen LogP contribution in [0.3, 0.4) is 0 Å². The van der Waals surface area contributed by atoms with Crippen molar-refractivity contribution >= 4 is 50.7 Å². The molecule has 0 saturated carbocycles. The molecular weight excluding hydrogens is 676 g/mol. The van der Waals surface area contributed by atoms with Crippen LogP contribution < -0.4 is 5.32 Å². The van der Waals surface area contributed by atoms with Crippen molar-refractivity contribution in [1.82, 2.24) is 10.2 Å². The third-order valence-electron chi connectivity index (χ3n) is 6.12. The fraction of sp³-hybridized carbons (Fsp3) is 0.700. The zero-order valence-corrected chi connectivity index (χ0v) is 27.0. The summed E-state index contributed by atoms with van der Waals surface area (Å²) in [7, 11) is -6.66. The van der Waals surface area contributed by atoms with E-state index in [0.29, 0.717) is 0 Å². The molecule has 25 heteroatoms. The number of azide groups is 1. The number of unbranched alkanes of at least 4 members (excludes halogenated alkanes) is 1. The molecular formula is C20H31N5O17P2S. The zero-order valence-electron chi connectivity index (χ0n) is 24.4. The highest BCUT2D eigenvalue weighted by Gasteiger charge is 2.69. The highest BCUT2D eigenvalue weighted by atomic mass is 32.2. The van der Waals surface area contributed by atoms with Gasteiger partial charge in [0.2, 0.25) is 11.4 Å². The first kappa shape index (κ1) is 38.6. The summed E-state index contributed by atoms with van der Waals surface area (Å²) in [4.78, 5) is 70.5. The van der Waals surface area contributed by atoms with E-state index < -0.39 is 73.7 Å². The van der Waals surface area contributed by atoms with Crippen LogP contribution in [0.5, 0.6) is 0 Å². The van der Waals surface area contributed by atoms with Gasteiger partial charge in [0.15, 0.2) is 0 Å². The van der Waals surface area contributed by atoms with Gasteiger partial charge in [0.05, 0.1) is 28.4 Å². The third-order valence-corrected chi connectivity index (χ3v) is 12.6. The number of rotatable bonds is 20. The molecule has 2 rings (SSSR count). The summed E-state index contributed by atoms with van der Waals surface area (Å²) in [6.45, 7) is 0.427. The van der Waals surface area contributed by atoms with Gasteiger partial charge in [0, 0.05) is 36.1 Å². The Morgan fingerprint density at radius 2 is 1.62 bits per heavy atom. The molecule has 2 atom stereocenters. The van der Waals surface area contributed by atoms with Crippen molar-refractivity contribution in [2.45, 2.75) is 42.2 Å². The second-order valence-electron chi connectivity index (χ2n) is 8.78. The van der Waals surface area contributed by atoms with Crippen molar-refractivity contribution in [1.29, 1.82) is 0 Å². The van der Waals surface area contributed by atoms with Crippen LogP contribution >= 0.6 is 27.0 Å². The Hall–Kier alpha value is -2.62. The summed E-state index contributed by atoms with van der Waals surface area (Å²) in [6.07, 6.45) is -1.12. The first-order valence-electron chi connectivity index (χ1n) is 12.4. The predicted molar refractivity (Wildman–Crippen MR) is 146 cm³/mol. The topological polar surface area (TPSA) is 290 Å². The first-order chi connectivity index (χ1) is 21.2. The van der Waals surface area contributed by atoms with Crippen molar-refractivity contribution in [2.75, 3.05) is 47.3 Å². The Balaban J connectivity index is 2.24. The van der Waals surface area contributed by atoms with Crippen LogP contribution in [0.4, 0.5) is 0 Å². The van der Waals surface area contributed by atoms with Gasteiger partial charge in [0.25, 0.3) is 11.0 Å². The van der Waals surface area contributed by atoms with Gasteiger partial charge in [-0.3, -0.25) is 28.4 Å². The lowest BCUT2D eigenvalue weighted by molar-refractivity contribution is -0.264. The number of carbonyl (C=O) groups is 4. The average Bonchev–Trinajstić information content (AvgIpc) is 2.97. The lowest BCUT2D eigenvalue weighted by Crippen LogP contribution is -2.77. The number of amides is 2. The second kappa shape index (κ2) is 16.3. The molecule has 2 aliphatic rings. The number of ether oxygens (including phenoxy) is 1. The maximum absolute atomic E-state index is 13.4. The number of nitrogens with one attached hydrogen (secondary N) is 1. The molecule has 0 aromatic rings. The molecule has 2 aliphatic heterocycles. The largest absolute Gasteiger partial charge is 0.477 e. The number of hydrogen-bond donors (Lipinski definition) is 3. The van der Waals surface area contributed by atoms with Gasteiger partial charge in [0.1, 0.15) is 17.7 Å². The van der Waals surface area contributed by atoms with Gasteiger partial charge in [-0.15, -0.1) is 30.5 Å². The Morgan fingerprint density at radius 3 is 2.07 bits per heavy atom. The predicted octanol–water partition coefficient (Wildman–Crippen LogP) is 1.48. The first-order valence-corrected chi connectivity index (χ1v) is 16.5. The molecule has 0 aromatic carbocycles. The fourth-order valence-corrected chi connectivity index (χ4v) is 9.42. The van der Waals surface area contributed by atoms with Crippen LogP contribution in [-0.4, -0.2) is 102 Å². The van der Waals surface area contributed by atoms with Crippen molar-refractivity contribution in [2.24, 2.45) is 5.11 Å². The molecule has 0 spiro atoms. The molecule has 254 valence electrons. The van der Waals surface area contributed by atoms with Gasteiger partial charge in [-0.05, 0) is 18.4 Å². The summed E-state index contributed by atoms with van der Waals surface area (Å²) in [5.74, 6) is -4.49. The van der Waals surface area contributed by atoms with Gasteiger partial charge < -0.3 is 20.3 Å². The van der Waals surface area contributed by atoms with E-state index in [2.05, 4.69) is 53.6 Å². The van der Waals surface area contributed by atoms with Crippen molar-refractivity contribution in [3.63, 3.8) is 0 Å². The molecule has 2 heterocycles. The van der Waals surface area contributed by atoms with E-state index in [4.69, 9.17) is 10.3 Å². The maximum Gasteiger partial charge on any atom is 0.428 e. The van der Waals surface area contributed by atoms with Crippen LogP contribution in [0.25, 0.3) is 10.4 Å². The van der Waals surface area contributed by atoms with Gasteiger partial charge >= 0.3 is 27.1 Å². The lowest BCUT2D eigenvalue weighted by Gasteiger charge is -2.53. The molecule has 3 N–H and O–H groups in total. The van der Waals surface area contributed by atoms with Crippen molar-refractivity contribution in [3.05, 3.63) is 21.7 Å². The Labute approximate surface area is 258 Å². The Kier molecular flexibility index (Phi) is 13.9. The summed E-state index contributed by atoms with van der Waals surface area (Å²) in [5.41, 5.74) is 6.38. The van der Waals surface area contributed by atoms with Crippen LogP contribution in [0.15, 0.2) is 16.4 Å². The molecule has 0 radical (unpaired) electrons. The Bertz CT molecular complexity index is 1280. The van der Waals surface area contributed by atoms with E-state index in [1.54, 1.807) is 0 Å². The maximum atomic E-state index is 13.4. The number of carboxylic acid groups (broad SMARTS) is 1. The quantitative estimate of drug-likeness (QED) is 0.0154. The SMILES string of the molecule is COOP(=O)(OOC)C(O)(CCCCNC(=O)C1(N=[N+]=[N-])C(=O)N2C(C(=O)O)=C(COC(C)=O)CS[C@H]21)P(=O)(OOC)OOC. The number of nitrogens with zero attached hydrogens (tertiary/aromatic N) is 4. The molecule has 22 nitrogen and oxygen atoms in total. The number of carbonyl (C=O) groups excluding carboxylic acids is 3. The van der Waals surface area contributed by atoms with E-state index in [1.807, 2.05) is 0 Å². The number of β-lactam (4-membered cyclic amide) rings is 1. The second-order valence-corrected chi connectivity index (χ2v) is 14.3. The van der Waals surface area contributed by atoms with E-state index in [-0.39, 0.29) is 30.7 Å². The fourth-order valence-electron chi connectivity index (χ4n) is 4.22. The monoisotopic (exact) mass is 707 g/mol. The molecule has 2 amide bonds. The molecule has 45 heavy (non-hydrogen) atoms. The highest BCUT2D eigenvalue weighted by Crippen LogP contribution is 2.78. The molecule has 0 bridgehead atoms. The molecule has 0 aromatic heterocycles. The van der Waals surface area contributed by atoms with Gasteiger partial charge in [-0.25, -0.2) is 24.3 Å². The molecule has 1 fully saturated rings. The minimum atomic E-state index is -5.11. The summed E-state index contributed by atoms with van der Waals surface area (Å²) in [5, 5.41) is 22.4. The van der Waals surface area contributed by atoms with Crippen LogP contribution in [-0.2, 0) is 71.3 Å². The molecule has 1 unspecified atom stereocenters. The highest BCUT2D eigenvalue weighted by molar-refractivity contribution is 8.00. The smallest absolute Gasteiger partial charge is 0.428 e. The number of carboxylic acids is 1. The van der Waals surface area contributed by atoms with Gasteiger partial charge in [-0.2, -0.15) is 0 Å². The van der Waals surface area contributed by atoms with Gasteiger partial charge in [-0.1, -0.05) is 5.11 Å². The number of esters is 1. The van der Waals surface area contributed by atoms with E-state index in [9.17, 15) is 38.5 Å². The molecule has 1 saturated heterocycles. The summed E-state index contributed by atoms with van der Waals surface area (Å²) in [6, 6.07) is 0. The Morgan fingerprint density at radius 1 is 1.09 bits per heavy atom. The van der Waals surface area contributed by atoms with Crippen LogP contribution in [0.1, 0.15) is 26.2 Å². The summed E-state index contributed by atoms with van der Waals surface area (Å²) >= 11 is 0.913. The number of fused-ring (bicyclic) bond motifs is 1. The zero-order chi connectivity index (χ0) is 34.1. The van der Waals surface area contributed by atoms with E-state index in [0.717, 1.165) is 52.0 Å². The van der Waals surface area contributed by atoms with Crippen molar-refractivity contribution < 1.29 is 81.5 Å². The number of aliphatic carboxylic acids is 1. The summed E-state index contributed by atoms with van der Waals surface area (Å²) < 4.78 is 49.9. The molecule has 0 aliphatic carbocycles. The van der Waals surface area contributed by atoms with Crippen LogP contribution in [0, 0.1) is 0 Å². The number of aliphatic hydroxyl groups is 1. The minimum absolute atomic E-state index is 0.0712. The minimum Gasteiger partial charge on any atom is -0.477 e. The average molecular weight is 708 g/mol. The third kappa shape index (κ3) is 7.52. The van der Waals surface area contributed by atoms with Crippen molar-refractivity contribution in [3.8, 4) is 0 Å².